The number of hydrogen-bond donors (Lipinski definition) is 0. The molecule has 4 heteroatoms. The van der Waals surface area contributed by atoms with Crippen molar-refractivity contribution in [1.29, 1.82) is 0 Å². The van der Waals surface area contributed by atoms with E-state index >= 15 is 0 Å². The van der Waals surface area contributed by atoms with Crippen molar-refractivity contribution >= 4 is 22.9 Å². The molecule has 3 nitrogen and oxygen atoms in total. The van der Waals surface area contributed by atoms with Crippen molar-refractivity contribution in [3.8, 4) is 5.75 Å². The molecule has 2 aromatic carbocycles. The molecule has 5 rings (SSSR count). The maximum Gasteiger partial charge on any atom is 0.137 e. The Bertz CT molecular complexity index is 1020. The normalized spacial score (nSPS) is 18.2. The van der Waals surface area contributed by atoms with Gasteiger partial charge in [0, 0.05) is 54.5 Å². The highest BCUT2D eigenvalue weighted by atomic mass is 35.5. The summed E-state index contributed by atoms with van der Waals surface area (Å²) in [7, 11) is 1.77. The van der Waals surface area contributed by atoms with E-state index in [9.17, 15) is 0 Å². The summed E-state index contributed by atoms with van der Waals surface area (Å²) in [5, 5.41) is 0. The fraction of sp³-hybridized carbons (Fsp3) is 0.250. The summed E-state index contributed by atoms with van der Waals surface area (Å²) in [5.74, 6) is 2.32. The zero-order valence-corrected chi connectivity index (χ0v) is 16.6. The van der Waals surface area contributed by atoms with Gasteiger partial charge >= 0.3 is 0 Å². The van der Waals surface area contributed by atoms with Crippen LogP contribution in [0.2, 0.25) is 0 Å². The van der Waals surface area contributed by atoms with E-state index in [1.165, 1.54) is 16.8 Å². The van der Waals surface area contributed by atoms with E-state index in [2.05, 4.69) is 59.5 Å². The molecular formula is C24H22ClNO2. The van der Waals surface area contributed by atoms with Crippen LogP contribution in [0.15, 0.2) is 72.0 Å². The monoisotopic (exact) mass is 391 g/mol. The Kier molecular flexibility index (Phi) is 4.50. The smallest absolute Gasteiger partial charge is 0.137 e. The van der Waals surface area contributed by atoms with Crippen LogP contribution in [-0.4, -0.2) is 26.3 Å². The van der Waals surface area contributed by atoms with Gasteiger partial charge in [0.1, 0.15) is 11.5 Å². The van der Waals surface area contributed by atoms with Crippen molar-refractivity contribution in [2.75, 3.05) is 25.1 Å². The maximum absolute atomic E-state index is 6.33. The number of hydrogen-bond acceptors (Lipinski definition) is 3. The van der Waals surface area contributed by atoms with E-state index in [1.807, 2.05) is 6.07 Å². The van der Waals surface area contributed by atoms with Crippen molar-refractivity contribution in [2.24, 2.45) is 0 Å². The van der Waals surface area contributed by atoms with Gasteiger partial charge in [-0.05, 0) is 35.8 Å². The Hall–Kier alpha value is -2.49. The van der Waals surface area contributed by atoms with E-state index in [1.54, 1.807) is 7.11 Å². The van der Waals surface area contributed by atoms with E-state index in [4.69, 9.17) is 21.1 Å². The summed E-state index contributed by atoms with van der Waals surface area (Å²) in [6.45, 7) is 1.84. The number of alkyl halides is 1. The molecule has 0 atom stereocenters. The summed E-state index contributed by atoms with van der Waals surface area (Å²) >= 11 is 6.27. The van der Waals surface area contributed by atoms with Crippen LogP contribution in [0.25, 0.3) is 5.57 Å². The van der Waals surface area contributed by atoms with E-state index in [0.717, 1.165) is 47.7 Å². The predicted molar refractivity (Wildman–Crippen MR) is 114 cm³/mol. The standard InChI is InChI=1S/C24H22ClNO2/c1-27-18-14-26(15-18)17-10-11-21-23(12-17)28-22-9-5-4-8-20(22)24(21)19-7-3-2-6-16(19)13-25/h2-4,6-12,18H,5,13-15H2,1H3. The molecule has 0 bridgehead atoms. The van der Waals surface area contributed by atoms with E-state index in [-0.39, 0.29) is 0 Å². The van der Waals surface area contributed by atoms with Crippen molar-refractivity contribution < 1.29 is 9.47 Å². The predicted octanol–water partition coefficient (Wildman–Crippen LogP) is 5.30. The first-order valence-corrected chi connectivity index (χ1v) is 10.2. The van der Waals surface area contributed by atoms with Gasteiger partial charge in [0.05, 0.1) is 6.10 Å². The minimum atomic E-state index is 0.320. The number of rotatable bonds is 4. The minimum Gasteiger partial charge on any atom is -0.456 e. The summed E-state index contributed by atoms with van der Waals surface area (Å²) in [6.07, 6.45) is 7.71. The number of halogens is 1. The molecule has 2 heterocycles. The van der Waals surface area contributed by atoms with Gasteiger partial charge < -0.3 is 14.4 Å². The van der Waals surface area contributed by atoms with Gasteiger partial charge in [-0.25, -0.2) is 0 Å². The van der Waals surface area contributed by atoms with Crippen LogP contribution >= 0.6 is 11.6 Å². The van der Waals surface area contributed by atoms with E-state index in [0.29, 0.717) is 12.0 Å². The summed E-state index contributed by atoms with van der Waals surface area (Å²) in [6, 6.07) is 14.9. The summed E-state index contributed by atoms with van der Waals surface area (Å²) in [5.41, 5.74) is 6.92. The maximum atomic E-state index is 6.33. The lowest BCUT2D eigenvalue weighted by Gasteiger charge is -2.40. The lowest BCUT2D eigenvalue weighted by Crippen LogP contribution is -2.51. The third-order valence-electron chi connectivity index (χ3n) is 5.69. The molecule has 28 heavy (non-hydrogen) atoms. The molecule has 1 saturated heterocycles. The Balaban J connectivity index is 1.63. The fourth-order valence-corrected chi connectivity index (χ4v) is 4.32. The first-order valence-electron chi connectivity index (χ1n) is 9.64. The quantitative estimate of drug-likeness (QED) is 0.660. The first kappa shape index (κ1) is 17.6. The van der Waals surface area contributed by atoms with Crippen molar-refractivity contribution in [1.82, 2.24) is 0 Å². The average molecular weight is 392 g/mol. The SMILES string of the molecule is COC1CN(c2ccc3c(c2)OC2=CCC=CC2=C3c2ccccc2CCl)C1. The van der Waals surface area contributed by atoms with Gasteiger partial charge in [0.25, 0.3) is 0 Å². The molecule has 2 aliphatic heterocycles. The number of methoxy groups -OCH3 is 1. The van der Waals surface area contributed by atoms with Gasteiger partial charge in [0.2, 0.25) is 0 Å². The third-order valence-corrected chi connectivity index (χ3v) is 5.98. The molecule has 0 N–H and O–H groups in total. The molecule has 0 spiro atoms. The Morgan fingerprint density at radius 2 is 2.00 bits per heavy atom. The van der Waals surface area contributed by atoms with Gasteiger partial charge in [-0.1, -0.05) is 36.4 Å². The molecule has 1 fully saturated rings. The van der Waals surface area contributed by atoms with Crippen LogP contribution in [0.3, 0.4) is 0 Å². The number of benzene rings is 2. The van der Waals surface area contributed by atoms with E-state index < -0.39 is 0 Å². The molecule has 142 valence electrons. The van der Waals surface area contributed by atoms with Gasteiger partial charge in [0.15, 0.2) is 0 Å². The third kappa shape index (κ3) is 2.86. The summed E-state index contributed by atoms with van der Waals surface area (Å²) in [4.78, 5) is 2.32. The van der Waals surface area contributed by atoms with Crippen LogP contribution in [0, 0.1) is 0 Å². The Morgan fingerprint density at radius 3 is 2.82 bits per heavy atom. The van der Waals surface area contributed by atoms with Crippen LogP contribution in [0.4, 0.5) is 5.69 Å². The van der Waals surface area contributed by atoms with Gasteiger partial charge in [-0.15, -0.1) is 11.6 Å². The number of ether oxygens (including phenoxy) is 2. The van der Waals surface area contributed by atoms with Crippen LogP contribution in [0.5, 0.6) is 5.75 Å². The lowest BCUT2D eigenvalue weighted by molar-refractivity contribution is 0.0787. The number of anilines is 1. The molecule has 0 amide bonds. The molecule has 0 saturated carbocycles. The van der Waals surface area contributed by atoms with Crippen molar-refractivity contribution in [3.63, 3.8) is 0 Å². The number of nitrogens with zero attached hydrogens (tertiary/aromatic N) is 1. The van der Waals surface area contributed by atoms with Gasteiger partial charge in [-0.2, -0.15) is 0 Å². The fourth-order valence-electron chi connectivity index (χ4n) is 4.09. The second-order valence-corrected chi connectivity index (χ2v) is 7.60. The Labute approximate surface area is 170 Å². The molecule has 0 radical (unpaired) electrons. The number of fused-ring (bicyclic) bond motifs is 2. The molecule has 0 unspecified atom stereocenters. The summed E-state index contributed by atoms with van der Waals surface area (Å²) < 4.78 is 11.7. The van der Waals surface area contributed by atoms with Crippen molar-refractivity contribution in [2.45, 2.75) is 18.4 Å². The van der Waals surface area contributed by atoms with Crippen molar-refractivity contribution in [3.05, 3.63) is 88.7 Å². The first-order chi connectivity index (χ1) is 13.8. The topological polar surface area (TPSA) is 21.7 Å². The van der Waals surface area contributed by atoms with Crippen LogP contribution < -0.4 is 9.64 Å². The zero-order chi connectivity index (χ0) is 19.1. The highest BCUT2D eigenvalue weighted by Crippen LogP contribution is 2.45. The van der Waals surface area contributed by atoms with Crippen LogP contribution in [-0.2, 0) is 10.6 Å². The largest absolute Gasteiger partial charge is 0.456 e. The lowest BCUT2D eigenvalue weighted by atomic mass is 9.85. The molecule has 0 aromatic heterocycles. The molecule has 3 aliphatic rings. The van der Waals surface area contributed by atoms with Crippen LogP contribution in [0.1, 0.15) is 23.1 Å². The minimum absolute atomic E-state index is 0.320. The molecular weight excluding hydrogens is 370 g/mol. The molecule has 1 aliphatic carbocycles. The highest BCUT2D eigenvalue weighted by Gasteiger charge is 2.30. The Morgan fingerprint density at radius 1 is 1.14 bits per heavy atom. The highest BCUT2D eigenvalue weighted by molar-refractivity contribution is 6.17. The second kappa shape index (κ2) is 7.16. The average Bonchev–Trinajstić information content (AvgIpc) is 2.71. The number of allylic oxidation sites excluding steroid dienone is 3. The second-order valence-electron chi connectivity index (χ2n) is 7.33. The van der Waals surface area contributed by atoms with Gasteiger partial charge in [-0.3, -0.25) is 0 Å². The zero-order valence-electron chi connectivity index (χ0n) is 15.8. The molecule has 2 aromatic rings.